The first-order chi connectivity index (χ1) is 12.1. The third-order valence-corrected chi connectivity index (χ3v) is 5.34. The Morgan fingerprint density at radius 2 is 1.76 bits per heavy atom. The average Bonchev–Trinajstić information content (AvgIpc) is 3.19. The Kier molecular flexibility index (Phi) is 4.64. The van der Waals surface area contributed by atoms with Crippen LogP contribution in [0.25, 0.3) is 0 Å². The smallest absolute Gasteiger partial charge is 0.251 e. The number of amides is 1. The van der Waals surface area contributed by atoms with E-state index < -0.39 is 6.10 Å². The van der Waals surface area contributed by atoms with E-state index in [9.17, 15) is 9.90 Å². The molecule has 3 saturated heterocycles. The number of benzene rings is 1. The van der Waals surface area contributed by atoms with Crippen LogP contribution in [0.1, 0.15) is 10.4 Å². The molecule has 3 aliphatic heterocycles. The van der Waals surface area contributed by atoms with E-state index in [-0.39, 0.29) is 30.8 Å². The maximum Gasteiger partial charge on any atom is 0.251 e. The maximum atomic E-state index is 12.5. The Balaban J connectivity index is 1.36. The second-order valence-electron chi connectivity index (χ2n) is 7.08. The van der Waals surface area contributed by atoms with Gasteiger partial charge in [-0.15, -0.1) is 0 Å². The topological polar surface area (TPSA) is 74.3 Å². The maximum absolute atomic E-state index is 12.5. The number of anilines is 1. The van der Waals surface area contributed by atoms with Gasteiger partial charge in [-0.3, -0.25) is 4.79 Å². The molecule has 3 heterocycles. The normalized spacial score (nSPS) is 32.6. The van der Waals surface area contributed by atoms with Crippen molar-refractivity contribution < 1.29 is 19.4 Å². The van der Waals surface area contributed by atoms with Gasteiger partial charge in [-0.05, 0) is 31.3 Å². The molecular formula is C18H25N3O4. The highest BCUT2D eigenvalue weighted by molar-refractivity contribution is 5.94. The zero-order valence-electron chi connectivity index (χ0n) is 14.4. The van der Waals surface area contributed by atoms with Gasteiger partial charge in [0, 0.05) is 37.4 Å². The van der Waals surface area contributed by atoms with Crippen molar-refractivity contribution in [2.45, 2.75) is 24.4 Å². The van der Waals surface area contributed by atoms with Crippen molar-refractivity contribution in [1.29, 1.82) is 0 Å². The van der Waals surface area contributed by atoms with Crippen molar-refractivity contribution in [2.75, 3.05) is 51.3 Å². The molecule has 7 nitrogen and oxygen atoms in total. The summed E-state index contributed by atoms with van der Waals surface area (Å²) in [5.74, 6) is -0.135. The van der Waals surface area contributed by atoms with Crippen molar-refractivity contribution in [3.8, 4) is 0 Å². The highest BCUT2D eigenvalue weighted by Gasteiger charge is 2.47. The SMILES string of the molecule is CN1CCN(c2ccc(C(=O)N[C@H]3CO[C@H]4[C@@H]3OC[C@@H]4O)cc2)CC1. The molecule has 0 aliphatic carbocycles. The summed E-state index contributed by atoms with van der Waals surface area (Å²) in [7, 11) is 2.13. The minimum Gasteiger partial charge on any atom is -0.388 e. The largest absolute Gasteiger partial charge is 0.388 e. The highest BCUT2D eigenvalue weighted by atomic mass is 16.6. The van der Waals surface area contributed by atoms with Crippen LogP contribution in [0.3, 0.4) is 0 Å². The quantitative estimate of drug-likeness (QED) is 0.782. The molecule has 4 atom stereocenters. The number of hydrogen-bond acceptors (Lipinski definition) is 6. The van der Waals surface area contributed by atoms with Crippen molar-refractivity contribution >= 4 is 11.6 Å². The molecule has 0 saturated carbocycles. The van der Waals surface area contributed by atoms with Gasteiger partial charge in [0.25, 0.3) is 5.91 Å². The van der Waals surface area contributed by atoms with E-state index in [0.717, 1.165) is 31.9 Å². The first kappa shape index (κ1) is 16.8. The van der Waals surface area contributed by atoms with Crippen LogP contribution < -0.4 is 10.2 Å². The standard InChI is InChI=1S/C18H25N3O4/c1-20-6-8-21(9-7-20)13-4-2-12(3-5-13)18(23)19-14-10-24-17-15(22)11-25-16(14)17/h2-5,14-17,22H,6-11H2,1H3,(H,19,23)/t14-,15-,16+,17+/m0/s1. The fourth-order valence-electron chi connectivity index (χ4n) is 3.74. The van der Waals surface area contributed by atoms with Gasteiger partial charge in [0.05, 0.1) is 19.3 Å². The first-order valence-electron chi connectivity index (χ1n) is 8.87. The molecule has 25 heavy (non-hydrogen) atoms. The number of carbonyl (C=O) groups is 1. The molecule has 3 aliphatic rings. The molecule has 0 spiro atoms. The average molecular weight is 347 g/mol. The molecular weight excluding hydrogens is 322 g/mol. The number of carbonyl (C=O) groups excluding carboxylic acids is 1. The second-order valence-corrected chi connectivity index (χ2v) is 7.08. The molecule has 1 aromatic carbocycles. The lowest BCUT2D eigenvalue weighted by atomic mass is 10.1. The monoisotopic (exact) mass is 347 g/mol. The summed E-state index contributed by atoms with van der Waals surface area (Å²) in [4.78, 5) is 17.2. The molecule has 136 valence electrons. The molecule has 4 rings (SSSR count). The summed E-state index contributed by atoms with van der Waals surface area (Å²) >= 11 is 0. The lowest BCUT2D eigenvalue weighted by Gasteiger charge is -2.34. The predicted octanol–water partition coefficient (Wildman–Crippen LogP) is -0.305. The molecule has 2 N–H and O–H groups in total. The number of piperazine rings is 1. The van der Waals surface area contributed by atoms with E-state index in [4.69, 9.17) is 9.47 Å². The number of ether oxygens (including phenoxy) is 2. The summed E-state index contributed by atoms with van der Waals surface area (Å²) < 4.78 is 11.1. The molecule has 0 unspecified atom stereocenters. The van der Waals surface area contributed by atoms with Crippen molar-refractivity contribution in [2.24, 2.45) is 0 Å². The Morgan fingerprint density at radius 1 is 1.08 bits per heavy atom. The number of aliphatic hydroxyl groups is 1. The van der Waals surface area contributed by atoms with E-state index in [0.29, 0.717) is 12.2 Å². The van der Waals surface area contributed by atoms with E-state index in [1.54, 1.807) is 0 Å². The number of rotatable bonds is 3. The van der Waals surface area contributed by atoms with Crippen LogP contribution in [0.15, 0.2) is 24.3 Å². The summed E-state index contributed by atoms with van der Waals surface area (Å²) in [5.41, 5.74) is 1.77. The fraction of sp³-hybridized carbons (Fsp3) is 0.611. The van der Waals surface area contributed by atoms with Gasteiger partial charge in [-0.2, -0.15) is 0 Å². The molecule has 1 amide bonds. The lowest BCUT2D eigenvalue weighted by Crippen LogP contribution is -2.44. The number of likely N-dealkylation sites (N-methyl/N-ethyl adjacent to an activating group) is 1. The summed E-state index contributed by atoms with van der Waals surface area (Å²) in [6.45, 7) is 4.75. The molecule has 0 aromatic heterocycles. The van der Waals surface area contributed by atoms with Crippen LogP contribution in [0, 0.1) is 0 Å². The van der Waals surface area contributed by atoms with E-state index in [1.165, 1.54) is 0 Å². The number of nitrogens with zero attached hydrogens (tertiary/aromatic N) is 2. The van der Waals surface area contributed by atoms with Gasteiger partial charge in [-0.1, -0.05) is 0 Å². The Hall–Kier alpha value is -1.67. The number of hydrogen-bond donors (Lipinski definition) is 2. The van der Waals surface area contributed by atoms with Crippen LogP contribution in [0.4, 0.5) is 5.69 Å². The van der Waals surface area contributed by atoms with Gasteiger partial charge in [0.2, 0.25) is 0 Å². The summed E-state index contributed by atoms with van der Waals surface area (Å²) in [6.07, 6.45) is -1.19. The Labute approximate surface area is 147 Å². The first-order valence-corrected chi connectivity index (χ1v) is 8.87. The van der Waals surface area contributed by atoms with Crippen molar-refractivity contribution in [1.82, 2.24) is 10.2 Å². The second kappa shape index (κ2) is 6.92. The third-order valence-electron chi connectivity index (χ3n) is 5.34. The van der Waals surface area contributed by atoms with Crippen LogP contribution in [-0.2, 0) is 9.47 Å². The van der Waals surface area contributed by atoms with Gasteiger partial charge < -0.3 is 29.7 Å². The molecule has 7 heteroatoms. The van der Waals surface area contributed by atoms with Crippen LogP contribution >= 0.6 is 0 Å². The fourth-order valence-corrected chi connectivity index (χ4v) is 3.74. The van der Waals surface area contributed by atoms with E-state index >= 15 is 0 Å². The van der Waals surface area contributed by atoms with Gasteiger partial charge in [-0.25, -0.2) is 0 Å². The van der Waals surface area contributed by atoms with E-state index in [2.05, 4.69) is 22.2 Å². The predicted molar refractivity (Wildman–Crippen MR) is 92.9 cm³/mol. The third kappa shape index (κ3) is 3.37. The molecule has 0 radical (unpaired) electrons. The van der Waals surface area contributed by atoms with Gasteiger partial charge in [0.1, 0.15) is 18.3 Å². The highest BCUT2D eigenvalue weighted by Crippen LogP contribution is 2.27. The number of nitrogens with one attached hydrogen (secondary N) is 1. The number of fused-ring (bicyclic) bond motifs is 1. The van der Waals surface area contributed by atoms with Crippen LogP contribution in [0.2, 0.25) is 0 Å². The summed E-state index contributed by atoms with van der Waals surface area (Å²) in [5, 5.41) is 12.7. The molecule has 3 fully saturated rings. The van der Waals surface area contributed by atoms with Gasteiger partial charge >= 0.3 is 0 Å². The minimum absolute atomic E-state index is 0.135. The Morgan fingerprint density at radius 3 is 2.48 bits per heavy atom. The zero-order valence-corrected chi connectivity index (χ0v) is 14.4. The summed E-state index contributed by atoms with van der Waals surface area (Å²) in [6, 6.07) is 7.52. The van der Waals surface area contributed by atoms with Crippen molar-refractivity contribution in [3.63, 3.8) is 0 Å². The Bertz CT molecular complexity index is 615. The van der Waals surface area contributed by atoms with Crippen LogP contribution in [-0.4, -0.2) is 86.7 Å². The van der Waals surface area contributed by atoms with E-state index in [1.807, 2.05) is 24.3 Å². The lowest BCUT2D eigenvalue weighted by molar-refractivity contribution is 0.0178. The zero-order chi connectivity index (χ0) is 17.4. The number of aliphatic hydroxyl groups excluding tert-OH is 1. The minimum atomic E-state index is -0.602. The van der Waals surface area contributed by atoms with Gasteiger partial charge in [0.15, 0.2) is 0 Å². The molecule has 0 bridgehead atoms. The van der Waals surface area contributed by atoms with Crippen molar-refractivity contribution in [3.05, 3.63) is 29.8 Å². The molecule has 1 aromatic rings. The van der Waals surface area contributed by atoms with Crippen LogP contribution in [0.5, 0.6) is 0 Å².